The molecule has 0 aromatic heterocycles. The third-order valence-corrected chi connectivity index (χ3v) is 4.89. The number of anilines is 1. The molecule has 0 atom stereocenters. The van der Waals surface area contributed by atoms with Crippen LogP contribution in [0.25, 0.3) is 0 Å². The summed E-state index contributed by atoms with van der Waals surface area (Å²) in [6.45, 7) is 5.49. The van der Waals surface area contributed by atoms with Gasteiger partial charge in [-0.2, -0.15) is 0 Å². The van der Waals surface area contributed by atoms with Crippen LogP contribution >= 0.6 is 0 Å². The number of nitrogens with zero attached hydrogens (tertiary/aromatic N) is 1. The summed E-state index contributed by atoms with van der Waals surface area (Å²) in [7, 11) is 0. The fraction of sp³-hybridized carbons (Fsp3) is 0.231. The van der Waals surface area contributed by atoms with Crippen molar-refractivity contribution in [2.75, 3.05) is 25.0 Å². The molecule has 0 saturated carbocycles. The fourth-order valence-corrected chi connectivity index (χ4v) is 3.14. The lowest BCUT2D eigenvalue weighted by molar-refractivity contribution is -0.118. The summed E-state index contributed by atoms with van der Waals surface area (Å²) in [5.41, 5.74) is 2.19. The van der Waals surface area contributed by atoms with Crippen molar-refractivity contribution in [2.24, 2.45) is 0 Å². The summed E-state index contributed by atoms with van der Waals surface area (Å²) in [6, 6.07) is 24.0. The third-order valence-electron chi connectivity index (χ3n) is 4.89. The molecule has 0 aliphatic rings. The maximum atomic E-state index is 12.5. The van der Waals surface area contributed by atoms with Crippen LogP contribution in [0.3, 0.4) is 0 Å². The number of hydrogen-bond acceptors (Lipinski definition) is 4. The average molecular weight is 433 g/mol. The van der Waals surface area contributed by atoms with Crippen molar-refractivity contribution in [2.45, 2.75) is 20.5 Å². The molecule has 0 heterocycles. The summed E-state index contributed by atoms with van der Waals surface area (Å²) in [5.74, 6) is 0.928. The molecule has 0 unspecified atom stereocenters. The predicted octanol–water partition coefficient (Wildman–Crippen LogP) is 4.77. The first kappa shape index (κ1) is 22.9. The highest BCUT2D eigenvalue weighted by molar-refractivity contribution is 5.97. The van der Waals surface area contributed by atoms with Gasteiger partial charge in [0, 0.05) is 24.3 Å². The van der Waals surface area contributed by atoms with Crippen LogP contribution in [-0.4, -0.2) is 36.4 Å². The van der Waals surface area contributed by atoms with Crippen molar-refractivity contribution < 1.29 is 19.1 Å². The molecule has 0 spiro atoms. The Kier molecular flexibility index (Phi) is 8.26. The van der Waals surface area contributed by atoms with Gasteiger partial charge in [0.2, 0.25) is 0 Å². The molecule has 3 aromatic carbocycles. The van der Waals surface area contributed by atoms with E-state index in [1.165, 1.54) is 0 Å². The second-order valence-corrected chi connectivity index (χ2v) is 7.14. The van der Waals surface area contributed by atoms with Crippen LogP contribution in [0.4, 0.5) is 5.69 Å². The van der Waals surface area contributed by atoms with Gasteiger partial charge in [-0.3, -0.25) is 9.59 Å². The first-order valence-electron chi connectivity index (χ1n) is 10.7. The molecule has 0 saturated heterocycles. The van der Waals surface area contributed by atoms with E-state index in [2.05, 4.69) is 5.32 Å². The third kappa shape index (κ3) is 6.60. The number of carbonyl (C=O) groups excluding carboxylic acids is 2. The zero-order chi connectivity index (χ0) is 22.8. The molecule has 0 aliphatic carbocycles. The van der Waals surface area contributed by atoms with E-state index in [9.17, 15) is 9.59 Å². The highest BCUT2D eigenvalue weighted by atomic mass is 16.5. The number of rotatable bonds is 10. The Hall–Kier alpha value is -3.80. The van der Waals surface area contributed by atoms with Crippen LogP contribution in [-0.2, 0) is 11.4 Å². The summed E-state index contributed by atoms with van der Waals surface area (Å²) in [4.78, 5) is 26.5. The highest BCUT2D eigenvalue weighted by Crippen LogP contribution is 2.19. The Balaban J connectivity index is 1.48. The quantitative estimate of drug-likeness (QED) is 0.501. The van der Waals surface area contributed by atoms with Gasteiger partial charge in [0.25, 0.3) is 11.8 Å². The summed E-state index contributed by atoms with van der Waals surface area (Å²) in [5, 5.41) is 2.77. The van der Waals surface area contributed by atoms with E-state index in [1.807, 2.05) is 44.2 Å². The van der Waals surface area contributed by atoms with Crippen molar-refractivity contribution in [3.05, 3.63) is 90.0 Å². The second kappa shape index (κ2) is 11.6. The molecule has 166 valence electrons. The number of amides is 2. The van der Waals surface area contributed by atoms with Gasteiger partial charge in [-0.1, -0.05) is 36.4 Å². The Morgan fingerprint density at radius 3 is 2.12 bits per heavy atom. The minimum atomic E-state index is -0.304. The number of nitrogens with one attached hydrogen (secondary N) is 1. The lowest BCUT2D eigenvalue weighted by Gasteiger charge is -2.19. The van der Waals surface area contributed by atoms with Gasteiger partial charge in [-0.25, -0.2) is 0 Å². The smallest absolute Gasteiger partial charge is 0.262 e. The molecule has 0 aliphatic heterocycles. The molecular weight excluding hydrogens is 404 g/mol. The van der Waals surface area contributed by atoms with E-state index in [0.717, 1.165) is 11.3 Å². The zero-order valence-electron chi connectivity index (χ0n) is 18.4. The van der Waals surface area contributed by atoms with E-state index >= 15 is 0 Å². The Labute approximate surface area is 188 Å². The summed E-state index contributed by atoms with van der Waals surface area (Å²) < 4.78 is 11.3. The normalized spacial score (nSPS) is 10.3. The largest absolute Gasteiger partial charge is 0.489 e. The number of benzene rings is 3. The van der Waals surface area contributed by atoms with Crippen molar-refractivity contribution >= 4 is 17.5 Å². The number of hydrogen-bond donors (Lipinski definition) is 1. The van der Waals surface area contributed by atoms with E-state index < -0.39 is 0 Å². The molecule has 0 bridgehead atoms. The van der Waals surface area contributed by atoms with Crippen LogP contribution < -0.4 is 14.8 Å². The molecular formula is C26H28N2O4. The monoisotopic (exact) mass is 432 g/mol. The van der Waals surface area contributed by atoms with Crippen molar-refractivity contribution in [3.8, 4) is 11.5 Å². The molecule has 6 nitrogen and oxygen atoms in total. The second-order valence-electron chi connectivity index (χ2n) is 7.14. The van der Waals surface area contributed by atoms with Gasteiger partial charge in [-0.05, 0) is 61.9 Å². The minimum Gasteiger partial charge on any atom is -0.489 e. The zero-order valence-corrected chi connectivity index (χ0v) is 18.4. The Bertz CT molecular complexity index is 1020. The van der Waals surface area contributed by atoms with Gasteiger partial charge in [0.05, 0.1) is 0 Å². The number of carbonyl (C=O) groups is 2. The summed E-state index contributed by atoms with van der Waals surface area (Å²) in [6.07, 6.45) is 0. The molecule has 6 heteroatoms. The van der Waals surface area contributed by atoms with E-state index in [0.29, 0.717) is 36.7 Å². The SMILES string of the molecule is CCN(CC)C(=O)c1cccc(NC(=O)COc2ccc(OCc3ccccc3)cc2)c1. The van der Waals surface area contributed by atoms with Crippen LogP contribution in [0.2, 0.25) is 0 Å². The van der Waals surface area contributed by atoms with Crippen LogP contribution in [0.15, 0.2) is 78.9 Å². The maximum absolute atomic E-state index is 12.5. The first-order chi connectivity index (χ1) is 15.6. The van der Waals surface area contributed by atoms with Gasteiger partial charge in [-0.15, -0.1) is 0 Å². The molecule has 2 amide bonds. The van der Waals surface area contributed by atoms with E-state index in [1.54, 1.807) is 53.4 Å². The molecule has 0 fully saturated rings. The Morgan fingerprint density at radius 2 is 1.47 bits per heavy atom. The van der Waals surface area contributed by atoms with Crippen molar-refractivity contribution in [1.82, 2.24) is 4.90 Å². The predicted molar refractivity (Wildman–Crippen MR) is 125 cm³/mol. The van der Waals surface area contributed by atoms with Crippen LogP contribution in [0.1, 0.15) is 29.8 Å². The minimum absolute atomic E-state index is 0.0584. The van der Waals surface area contributed by atoms with E-state index in [4.69, 9.17) is 9.47 Å². The standard InChI is InChI=1S/C26H28N2O4/c1-3-28(4-2)26(30)21-11-8-12-22(17-21)27-25(29)19-32-24-15-13-23(14-16-24)31-18-20-9-6-5-7-10-20/h5-17H,3-4,18-19H2,1-2H3,(H,27,29). The fourth-order valence-electron chi connectivity index (χ4n) is 3.14. The summed E-state index contributed by atoms with van der Waals surface area (Å²) >= 11 is 0. The molecule has 3 aromatic rings. The Morgan fingerprint density at radius 1 is 0.812 bits per heavy atom. The van der Waals surface area contributed by atoms with E-state index in [-0.39, 0.29) is 18.4 Å². The van der Waals surface area contributed by atoms with Crippen LogP contribution in [0, 0.1) is 0 Å². The first-order valence-corrected chi connectivity index (χ1v) is 10.7. The molecule has 1 N–H and O–H groups in total. The average Bonchev–Trinajstić information content (AvgIpc) is 2.83. The van der Waals surface area contributed by atoms with Gasteiger partial charge >= 0.3 is 0 Å². The topological polar surface area (TPSA) is 67.9 Å². The lowest BCUT2D eigenvalue weighted by atomic mass is 10.1. The van der Waals surface area contributed by atoms with Gasteiger partial charge in [0.15, 0.2) is 6.61 Å². The molecule has 3 rings (SSSR count). The maximum Gasteiger partial charge on any atom is 0.262 e. The molecule has 0 radical (unpaired) electrons. The lowest BCUT2D eigenvalue weighted by Crippen LogP contribution is -2.30. The highest BCUT2D eigenvalue weighted by Gasteiger charge is 2.13. The van der Waals surface area contributed by atoms with Crippen molar-refractivity contribution in [3.63, 3.8) is 0 Å². The molecule has 32 heavy (non-hydrogen) atoms. The number of ether oxygens (including phenoxy) is 2. The van der Waals surface area contributed by atoms with Gasteiger partial charge < -0.3 is 19.7 Å². The van der Waals surface area contributed by atoms with Crippen molar-refractivity contribution in [1.29, 1.82) is 0 Å². The van der Waals surface area contributed by atoms with Gasteiger partial charge in [0.1, 0.15) is 18.1 Å². The van der Waals surface area contributed by atoms with Crippen LogP contribution in [0.5, 0.6) is 11.5 Å².